The molecule has 0 aliphatic carbocycles. The topological polar surface area (TPSA) is 114 Å². The molecule has 2 aromatic carbocycles. The van der Waals surface area contributed by atoms with Crippen molar-refractivity contribution >= 4 is 27.5 Å². The van der Waals surface area contributed by atoms with Crippen LogP contribution in [0.3, 0.4) is 0 Å². The van der Waals surface area contributed by atoms with Gasteiger partial charge in [-0.15, -0.1) is 0 Å². The summed E-state index contributed by atoms with van der Waals surface area (Å²) in [5, 5.41) is 2.94. The average Bonchev–Trinajstić information content (AvgIpc) is 3.36. The molecule has 0 saturated carbocycles. The molecule has 0 radical (unpaired) electrons. The molecule has 2 aromatic rings. The number of anilines is 1. The molecule has 2 atom stereocenters. The van der Waals surface area contributed by atoms with Crippen LogP contribution in [0.25, 0.3) is 0 Å². The lowest BCUT2D eigenvalue weighted by Gasteiger charge is -2.30. The Morgan fingerprint density at radius 3 is 2.39 bits per heavy atom. The Labute approximate surface area is 224 Å². The molecule has 0 unspecified atom stereocenters. The number of carbonyl (C=O) groups excluding carboxylic acids is 2. The Morgan fingerprint density at radius 2 is 1.76 bits per heavy atom. The lowest BCUT2D eigenvalue weighted by molar-refractivity contribution is -0.140. The fraction of sp³-hybridized carbons (Fsp3) is 0.481. The van der Waals surface area contributed by atoms with Gasteiger partial charge in [0, 0.05) is 31.6 Å². The number of nitrogens with zero attached hydrogens (tertiary/aromatic N) is 2. The van der Waals surface area contributed by atoms with Crippen molar-refractivity contribution in [2.45, 2.75) is 58.7 Å². The number of benzene rings is 2. The molecule has 208 valence electrons. The molecule has 11 heteroatoms. The lowest BCUT2D eigenvalue weighted by atomic mass is 10.1. The normalized spacial score (nSPS) is 13.9. The summed E-state index contributed by atoms with van der Waals surface area (Å²) < 4.78 is 42.3. The molecule has 1 aliphatic rings. The molecule has 1 aliphatic heterocycles. The Bertz CT molecular complexity index is 1220. The van der Waals surface area contributed by atoms with Gasteiger partial charge < -0.3 is 24.4 Å². The highest BCUT2D eigenvalue weighted by molar-refractivity contribution is 7.92. The number of rotatable bonds is 13. The van der Waals surface area contributed by atoms with Crippen LogP contribution in [-0.4, -0.2) is 63.9 Å². The van der Waals surface area contributed by atoms with Gasteiger partial charge in [0.2, 0.25) is 28.6 Å². The molecule has 0 spiro atoms. The minimum atomic E-state index is -3.62. The van der Waals surface area contributed by atoms with Gasteiger partial charge in [-0.05, 0) is 56.5 Å². The first-order valence-electron chi connectivity index (χ1n) is 12.6. The van der Waals surface area contributed by atoms with E-state index in [4.69, 9.17) is 14.2 Å². The third kappa shape index (κ3) is 7.53. The first-order chi connectivity index (χ1) is 18.0. The third-order valence-corrected chi connectivity index (χ3v) is 7.67. The monoisotopic (exact) mass is 547 g/mol. The standard InChI is InChI=1S/C27H37N3O7S/c1-6-19(2)28-27(32)20(3)29(17-21-9-12-23(35-4)13-10-21)26(31)8-7-15-30(38(5,33)34)22-11-14-24-25(16-22)37-18-36-24/h9-14,16,19-20H,6-8,15,17-18H2,1-5H3,(H,28,32)/t19-,20+/m0/s1. The van der Waals surface area contributed by atoms with Crippen LogP contribution in [0, 0.1) is 0 Å². The first kappa shape index (κ1) is 29.1. The van der Waals surface area contributed by atoms with E-state index >= 15 is 0 Å². The third-order valence-electron chi connectivity index (χ3n) is 6.48. The number of amides is 2. The summed E-state index contributed by atoms with van der Waals surface area (Å²) in [6, 6.07) is 11.5. The SMILES string of the molecule is CC[C@H](C)NC(=O)[C@@H](C)N(Cc1ccc(OC)cc1)C(=O)CCCN(c1ccc2c(c1)OCO2)S(C)(=O)=O. The van der Waals surface area contributed by atoms with Gasteiger partial charge in [0.1, 0.15) is 11.8 Å². The van der Waals surface area contributed by atoms with Gasteiger partial charge >= 0.3 is 0 Å². The zero-order valence-corrected chi connectivity index (χ0v) is 23.4. The van der Waals surface area contributed by atoms with Crippen molar-refractivity contribution in [1.82, 2.24) is 10.2 Å². The maximum Gasteiger partial charge on any atom is 0.242 e. The van der Waals surface area contributed by atoms with E-state index in [1.165, 1.54) is 9.21 Å². The van der Waals surface area contributed by atoms with Gasteiger partial charge in [-0.1, -0.05) is 19.1 Å². The number of ether oxygens (including phenoxy) is 3. The zero-order valence-electron chi connectivity index (χ0n) is 22.6. The Balaban J connectivity index is 1.73. The first-order valence-corrected chi connectivity index (χ1v) is 14.5. The fourth-order valence-corrected chi connectivity index (χ4v) is 4.98. The molecular formula is C27H37N3O7S. The second-order valence-electron chi connectivity index (χ2n) is 9.34. The Morgan fingerprint density at radius 1 is 1.08 bits per heavy atom. The number of carbonyl (C=O) groups is 2. The van der Waals surface area contributed by atoms with E-state index in [-0.39, 0.29) is 50.6 Å². The van der Waals surface area contributed by atoms with E-state index in [2.05, 4.69) is 5.32 Å². The van der Waals surface area contributed by atoms with Crippen molar-refractivity contribution in [1.29, 1.82) is 0 Å². The molecule has 0 bridgehead atoms. The highest BCUT2D eigenvalue weighted by Gasteiger charge is 2.27. The summed E-state index contributed by atoms with van der Waals surface area (Å²) in [6.45, 7) is 6.00. The second-order valence-corrected chi connectivity index (χ2v) is 11.2. The van der Waals surface area contributed by atoms with E-state index in [9.17, 15) is 18.0 Å². The molecule has 2 amide bonds. The van der Waals surface area contributed by atoms with E-state index in [0.717, 1.165) is 18.2 Å². The van der Waals surface area contributed by atoms with Gasteiger partial charge in [0.05, 0.1) is 19.1 Å². The van der Waals surface area contributed by atoms with Crippen molar-refractivity contribution < 1.29 is 32.2 Å². The van der Waals surface area contributed by atoms with Crippen LogP contribution in [0.2, 0.25) is 0 Å². The molecule has 10 nitrogen and oxygen atoms in total. The lowest BCUT2D eigenvalue weighted by Crippen LogP contribution is -2.49. The van der Waals surface area contributed by atoms with E-state index in [0.29, 0.717) is 22.9 Å². The molecular weight excluding hydrogens is 510 g/mol. The van der Waals surface area contributed by atoms with E-state index in [1.54, 1.807) is 44.4 Å². The highest BCUT2D eigenvalue weighted by Crippen LogP contribution is 2.36. The molecule has 0 aromatic heterocycles. The summed E-state index contributed by atoms with van der Waals surface area (Å²) in [5.74, 6) is 1.24. The van der Waals surface area contributed by atoms with Crippen molar-refractivity contribution in [3.05, 3.63) is 48.0 Å². The fourth-order valence-electron chi connectivity index (χ4n) is 4.02. The molecule has 0 saturated heterocycles. The molecule has 0 fully saturated rings. The largest absolute Gasteiger partial charge is 0.497 e. The van der Waals surface area contributed by atoms with Crippen LogP contribution in [0.5, 0.6) is 17.2 Å². The van der Waals surface area contributed by atoms with Crippen LogP contribution in [0.15, 0.2) is 42.5 Å². The predicted molar refractivity (Wildman–Crippen MR) is 145 cm³/mol. The van der Waals surface area contributed by atoms with Crippen LogP contribution < -0.4 is 23.8 Å². The number of hydrogen-bond donors (Lipinski definition) is 1. The Hall–Kier alpha value is -3.47. The van der Waals surface area contributed by atoms with Crippen molar-refractivity contribution in [3.8, 4) is 17.2 Å². The maximum atomic E-state index is 13.4. The predicted octanol–water partition coefficient (Wildman–Crippen LogP) is 3.30. The second kappa shape index (κ2) is 12.9. The smallest absolute Gasteiger partial charge is 0.242 e. The summed E-state index contributed by atoms with van der Waals surface area (Å²) in [7, 11) is -2.04. The van der Waals surface area contributed by atoms with Gasteiger partial charge in [-0.25, -0.2) is 8.42 Å². The minimum absolute atomic E-state index is 0.0205. The summed E-state index contributed by atoms with van der Waals surface area (Å²) in [4.78, 5) is 27.8. The van der Waals surface area contributed by atoms with Crippen LogP contribution in [0.1, 0.15) is 45.6 Å². The van der Waals surface area contributed by atoms with Crippen LogP contribution in [-0.2, 0) is 26.2 Å². The van der Waals surface area contributed by atoms with E-state index < -0.39 is 16.1 Å². The summed E-state index contributed by atoms with van der Waals surface area (Å²) in [5.41, 5.74) is 1.28. The number of hydrogen-bond acceptors (Lipinski definition) is 7. The quantitative estimate of drug-likeness (QED) is 0.409. The van der Waals surface area contributed by atoms with Gasteiger partial charge in [-0.2, -0.15) is 0 Å². The number of sulfonamides is 1. The average molecular weight is 548 g/mol. The molecule has 1 heterocycles. The van der Waals surface area contributed by atoms with Crippen LogP contribution in [0.4, 0.5) is 5.69 Å². The zero-order chi connectivity index (χ0) is 27.9. The van der Waals surface area contributed by atoms with Gasteiger partial charge in [0.25, 0.3) is 0 Å². The van der Waals surface area contributed by atoms with Gasteiger partial charge in [-0.3, -0.25) is 13.9 Å². The molecule has 1 N–H and O–H groups in total. The Kier molecular flexibility index (Phi) is 9.84. The van der Waals surface area contributed by atoms with Crippen molar-refractivity contribution in [2.75, 3.05) is 31.0 Å². The number of nitrogens with one attached hydrogen (secondary N) is 1. The number of fused-ring (bicyclic) bond motifs is 1. The van der Waals surface area contributed by atoms with Crippen LogP contribution >= 0.6 is 0 Å². The molecule has 38 heavy (non-hydrogen) atoms. The number of methoxy groups -OCH3 is 1. The highest BCUT2D eigenvalue weighted by atomic mass is 32.2. The maximum absolute atomic E-state index is 13.4. The summed E-state index contributed by atoms with van der Waals surface area (Å²) >= 11 is 0. The van der Waals surface area contributed by atoms with Crippen molar-refractivity contribution in [2.24, 2.45) is 0 Å². The summed E-state index contributed by atoms with van der Waals surface area (Å²) in [6.07, 6.45) is 2.22. The minimum Gasteiger partial charge on any atom is -0.497 e. The molecule has 3 rings (SSSR count). The van der Waals surface area contributed by atoms with E-state index in [1.807, 2.05) is 26.0 Å². The van der Waals surface area contributed by atoms with Gasteiger partial charge in [0.15, 0.2) is 11.5 Å². The van der Waals surface area contributed by atoms with Crippen molar-refractivity contribution in [3.63, 3.8) is 0 Å².